The molecule has 1 N–H and O–H groups in total. The van der Waals surface area contributed by atoms with Crippen molar-refractivity contribution in [1.29, 1.82) is 0 Å². The number of nitro benzene ring substituents is 2. The lowest BCUT2D eigenvalue weighted by Gasteiger charge is -2.18. The molecule has 2 aromatic rings. The van der Waals surface area contributed by atoms with Gasteiger partial charge in [0.25, 0.3) is 17.3 Å². The van der Waals surface area contributed by atoms with Crippen LogP contribution >= 0.6 is 0 Å². The lowest BCUT2D eigenvalue weighted by atomic mass is 10.0. The highest BCUT2D eigenvalue weighted by molar-refractivity contribution is 6.07. The molecule has 3 aliphatic rings. The fourth-order valence-electron chi connectivity index (χ4n) is 4.49. The number of hydrazone groups is 1. The van der Waals surface area contributed by atoms with Crippen molar-refractivity contribution in [2.24, 2.45) is 22.9 Å². The normalized spacial score (nSPS) is 28.1. The molecule has 2 aromatic carbocycles. The van der Waals surface area contributed by atoms with Crippen LogP contribution in [0.4, 0.5) is 11.4 Å². The number of nitro groups is 2. The molecule has 168 valence electrons. The van der Waals surface area contributed by atoms with Crippen molar-refractivity contribution < 1.29 is 28.9 Å². The summed E-state index contributed by atoms with van der Waals surface area (Å²) in [5, 5.41) is 26.2. The summed E-state index contributed by atoms with van der Waals surface area (Å²) in [5.74, 6) is -1.69. The molecule has 1 amide bonds. The Hall–Kier alpha value is -4.03. The van der Waals surface area contributed by atoms with Gasteiger partial charge in [0.1, 0.15) is 0 Å². The summed E-state index contributed by atoms with van der Waals surface area (Å²) in [6.45, 7) is 0.300. The maximum atomic E-state index is 13.0. The average molecular weight is 452 g/mol. The molecule has 1 saturated carbocycles. The molecule has 12 heteroatoms. The van der Waals surface area contributed by atoms with Crippen molar-refractivity contribution in [3.05, 3.63) is 79.9 Å². The lowest BCUT2D eigenvalue weighted by Crippen LogP contribution is -2.33. The monoisotopic (exact) mass is 452 g/mol. The highest BCUT2D eigenvalue weighted by Crippen LogP contribution is 2.57. The molecule has 3 fully saturated rings. The number of hydrogen-bond donors (Lipinski definition) is 1. The third-order valence-electron chi connectivity index (χ3n) is 6.03. The van der Waals surface area contributed by atoms with Gasteiger partial charge in [-0.25, -0.2) is 5.43 Å². The average Bonchev–Trinajstić information content (AvgIpc) is 3.42. The van der Waals surface area contributed by atoms with Crippen LogP contribution in [0.5, 0.6) is 0 Å². The first kappa shape index (κ1) is 20.8. The number of Topliss-reactive ketones (excluding diaryl/α,β-unsaturated/α-hetero) is 1. The number of rotatable bonds is 6. The van der Waals surface area contributed by atoms with Crippen LogP contribution in [-0.2, 0) is 9.47 Å². The fourth-order valence-corrected chi connectivity index (χ4v) is 4.49. The molecule has 2 aliphatic heterocycles. The zero-order chi connectivity index (χ0) is 23.3. The summed E-state index contributed by atoms with van der Waals surface area (Å²) in [6.07, 6.45) is -1.06. The van der Waals surface area contributed by atoms with Crippen LogP contribution in [0.2, 0.25) is 0 Å². The van der Waals surface area contributed by atoms with E-state index in [1.165, 1.54) is 0 Å². The predicted molar refractivity (Wildman–Crippen MR) is 111 cm³/mol. The Morgan fingerprint density at radius 3 is 2.30 bits per heavy atom. The van der Waals surface area contributed by atoms with Crippen LogP contribution in [0.15, 0.2) is 53.6 Å². The van der Waals surface area contributed by atoms with Gasteiger partial charge >= 0.3 is 0 Å². The largest absolute Gasteiger partial charge is 0.344 e. The van der Waals surface area contributed by atoms with Crippen molar-refractivity contribution in [2.45, 2.75) is 12.4 Å². The molecule has 0 radical (unpaired) electrons. The van der Waals surface area contributed by atoms with Crippen molar-refractivity contribution in [3.8, 4) is 0 Å². The number of ketones is 1. The molecule has 5 atom stereocenters. The number of amides is 1. The first-order valence-electron chi connectivity index (χ1n) is 10.0. The molecule has 33 heavy (non-hydrogen) atoms. The van der Waals surface area contributed by atoms with E-state index in [2.05, 4.69) is 10.5 Å². The Labute approximate surface area is 185 Å². The highest BCUT2D eigenvalue weighted by atomic mass is 16.7. The minimum absolute atomic E-state index is 0.0462. The Morgan fingerprint density at radius 1 is 1.00 bits per heavy atom. The number of benzene rings is 2. The quantitative estimate of drug-likeness (QED) is 0.395. The van der Waals surface area contributed by atoms with E-state index in [1.807, 2.05) is 6.07 Å². The van der Waals surface area contributed by atoms with Gasteiger partial charge < -0.3 is 9.47 Å². The first-order valence-corrected chi connectivity index (χ1v) is 10.0. The molecular weight excluding hydrogens is 436 g/mol. The van der Waals surface area contributed by atoms with Crippen LogP contribution in [0.1, 0.15) is 20.7 Å². The number of nitrogens with one attached hydrogen (secondary N) is 1. The third kappa shape index (κ3) is 3.64. The second kappa shape index (κ2) is 7.83. The number of carbonyl (C=O) groups is 2. The van der Waals surface area contributed by atoms with Gasteiger partial charge in [-0.05, 0) is 0 Å². The zero-order valence-electron chi connectivity index (χ0n) is 16.8. The number of ether oxygens (including phenoxy) is 2. The Morgan fingerprint density at radius 2 is 1.67 bits per heavy atom. The second-order valence-corrected chi connectivity index (χ2v) is 7.93. The smallest absolute Gasteiger partial charge is 0.277 e. The van der Waals surface area contributed by atoms with Gasteiger partial charge in [0.05, 0.1) is 39.9 Å². The standard InChI is InChI=1S/C21H16N4O8/c26-19(10-4-2-1-3-5-10)17-15-14-9-32-21(33-14)18(16(15)17)22-23-20(27)11-6-12(24(28)29)8-13(7-11)25(30)31/h1-8,14-17,21H,9H2,(H,23,27)/t14-,15+,16+,17+,21+/m1/s1. The summed E-state index contributed by atoms with van der Waals surface area (Å²) in [5.41, 5.74) is 1.69. The van der Waals surface area contributed by atoms with Crippen LogP contribution in [0.25, 0.3) is 0 Å². The molecular formula is C21H16N4O8. The minimum atomic E-state index is -0.877. The van der Waals surface area contributed by atoms with E-state index in [4.69, 9.17) is 9.47 Å². The molecule has 5 rings (SSSR count). The molecule has 0 aromatic heterocycles. The summed E-state index contributed by atoms with van der Waals surface area (Å²) in [6, 6.07) is 11.4. The van der Waals surface area contributed by atoms with Crippen LogP contribution in [0.3, 0.4) is 0 Å². The number of carbonyl (C=O) groups excluding carboxylic acids is 2. The second-order valence-electron chi connectivity index (χ2n) is 7.93. The fraction of sp³-hybridized carbons (Fsp3) is 0.286. The molecule has 2 heterocycles. The predicted octanol–water partition coefficient (Wildman–Crippen LogP) is 2.09. The first-order chi connectivity index (χ1) is 15.8. The van der Waals surface area contributed by atoms with Crippen LogP contribution in [0, 0.1) is 38.0 Å². The molecule has 0 spiro atoms. The Kier molecular flexibility index (Phi) is 4.95. The number of non-ortho nitro benzene ring substituents is 2. The maximum absolute atomic E-state index is 13.0. The summed E-state index contributed by atoms with van der Waals surface area (Å²) in [4.78, 5) is 46.1. The van der Waals surface area contributed by atoms with E-state index in [-0.39, 0.29) is 35.2 Å². The van der Waals surface area contributed by atoms with E-state index < -0.39 is 33.4 Å². The van der Waals surface area contributed by atoms with Gasteiger partial charge in [-0.3, -0.25) is 29.8 Å². The summed E-state index contributed by atoms with van der Waals surface area (Å²) >= 11 is 0. The van der Waals surface area contributed by atoms with Crippen LogP contribution in [-0.4, -0.2) is 46.2 Å². The van der Waals surface area contributed by atoms with E-state index >= 15 is 0 Å². The van der Waals surface area contributed by atoms with Crippen molar-refractivity contribution in [2.75, 3.05) is 6.61 Å². The van der Waals surface area contributed by atoms with Crippen molar-refractivity contribution >= 4 is 28.8 Å². The Balaban J connectivity index is 1.39. The third-order valence-corrected chi connectivity index (χ3v) is 6.03. The minimum Gasteiger partial charge on any atom is -0.344 e. The van der Waals surface area contributed by atoms with Crippen molar-refractivity contribution in [3.63, 3.8) is 0 Å². The number of nitrogens with zero attached hydrogens (tertiary/aromatic N) is 3. The maximum Gasteiger partial charge on any atom is 0.277 e. The summed E-state index contributed by atoms with van der Waals surface area (Å²) in [7, 11) is 0. The molecule has 2 bridgehead atoms. The van der Waals surface area contributed by atoms with Gasteiger partial charge in [-0.15, -0.1) is 0 Å². The highest BCUT2D eigenvalue weighted by Gasteiger charge is 2.67. The van der Waals surface area contributed by atoms with Gasteiger partial charge in [-0.1, -0.05) is 30.3 Å². The van der Waals surface area contributed by atoms with E-state index in [0.717, 1.165) is 18.2 Å². The SMILES string of the molecule is O=C(NN=C1[C@H]2OC[C@@H](O2)[C@@H]2[C@H](C(=O)c3ccccc3)[C@@H]12)c1cc([N+](=O)[O-])cc([N+](=O)[O-])c1. The molecule has 1 aliphatic carbocycles. The lowest BCUT2D eigenvalue weighted by molar-refractivity contribution is -0.394. The number of hydrogen-bond acceptors (Lipinski definition) is 9. The topological polar surface area (TPSA) is 163 Å². The van der Waals surface area contributed by atoms with Crippen LogP contribution < -0.4 is 5.43 Å². The number of fused-ring (bicyclic) bond motifs is 4. The van der Waals surface area contributed by atoms with E-state index in [1.54, 1.807) is 24.3 Å². The van der Waals surface area contributed by atoms with Gasteiger partial charge in [0.15, 0.2) is 12.1 Å². The van der Waals surface area contributed by atoms with Gasteiger partial charge in [0, 0.05) is 35.4 Å². The molecule has 0 unspecified atom stereocenters. The van der Waals surface area contributed by atoms with Gasteiger partial charge in [0.2, 0.25) is 0 Å². The van der Waals surface area contributed by atoms with E-state index in [9.17, 15) is 29.8 Å². The van der Waals surface area contributed by atoms with E-state index in [0.29, 0.717) is 17.9 Å². The van der Waals surface area contributed by atoms with Crippen molar-refractivity contribution in [1.82, 2.24) is 5.43 Å². The van der Waals surface area contributed by atoms with Gasteiger partial charge in [-0.2, -0.15) is 5.10 Å². The Bertz CT molecular complexity index is 1180. The zero-order valence-corrected chi connectivity index (χ0v) is 16.8. The molecule has 12 nitrogen and oxygen atoms in total. The molecule has 2 saturated heterocycles. The summed E-state index contributed by atoms with van der Waals surface area (Å²) < 4.78 is 11.4.